The summed E-state index contributed by atoms with van der Waals surface area (Å²) < 4.78 is 0. The summed E-state index contributed by atoms with van der Waals surface area (Å²) in [5, 5.41) is 21.2. The monoisotopic (exact) mass is 628 g/mol. The Kier molecular flexibility index (Phi) is 7.94. The summed E-state index contributed by atoms with van der Waals surface area (Å²) in [6, 6.07) is 58.7. The molecule has 0 radical (unpaired) electrons. The third kappa shape index (κ3) is 4.74. The SMILES string of the molecule is CC.CC.c1ccc2c(c1)c(Cc1cc3c4ccccc4c4ccccc4c3c3ccccc13)cc1c3ccccc3c3ccccc3c21. The minimum atomic E-state index is 0.856. The lowest BCUT2D eigenvalue weighted by molar-refractivity contribution is 1.25. The van der Waals surface area contributed by atoms with E-state index in [-0.39, 0.29) is 0 Å². The van der Waals surface area contributed by atoms with Crippen LogP contribution in [0.2, 0.25) is 0 Å². The molecule has 10 aromatic rings. The van der Waals surface area contributed by atoms with Crippen LogP contribution in [0.1, 0.15) is 38.8 Å². The molecule has 10 aromatic carbocycles. The van der Waals surface area contributed by atoms with E-state index in [1.165, 1.54) is 97.3 Å². The molecular weight excluding hydrogens is 589 g/mol. The van der Waals surface area contributed by atoms with Gasteiger partial charge in [-0.05, 0) is 116 Å². The first kappa shape index (κ1) is 30.6. The first-order valence-electron chi connectivity index (χ1n) is 17.8. The molecule has 0 saturated carbocycles. The molecule has 0 aliphatic heterocycles. The molecule has 0 amide bonds. The Morgan fingerprint density at radius 1 is 0.245 bits per heavy atom. The van der Waals surface area contributed by atoms with Gasteiger partial charge in [0.15, 0.2) is 0 Å². The predicted molar refractivity (Wildman–Crippen MR) is 218 cm³/mol. The summed E-state index contributed by atoms with van der Waals surface area (Å²) in [5.41, 5.74) is 2.74. The first-order valence-corrected chi connectivity index (χ1v) is 17.8. The van der Waals surface area contributed by atoms with Crippen molar-refractivity contribution >= 4 is 86.2 Å². The Labute approximate surface area is 288 Å². The van der Waals surface area contributed by atoms with Crippen LogP contribution in [0, 0.1) is 0 Å². The third-order valence-corrected chi connectivity index (χ3v) is 10.0. The van der Waals surface area contributed by atoms with Gasteiger partial charge in [0.05, 0.1) is 0 Å². The second-order valence-corrected chi connectivity index (χ2v) is 12.4. The molecular formula is C49H40. The normalized spacial score (nSPS) is 11.3. The number of hydrogen-bond acceptors (Lipinski definition) is 0. The summed E-state index contributed by atoms with van der Waals surface area (Å²) in [5.74, 6) is 0. The predicted octanol–water partition coefficient (Wildman–Crippen LogP) is 14.6. The number of fused-ring (bicyclic) bond motifs is 16. The molecule has 0 spiro atoms. The van der Waals surface area contributed by atoms with E-state index in [0.29, 0.717) is 0 Å². The minimum Gasteiger partial charge on any atom is -0.0683 e. The Morgan fingerprint density at radius 2 is 0.449 bits per heavy atom. The number of benzene rings is 10. The van der Waals surface area contributed by atoms with E-state index in [9.17, 15) is 0 Å². The highest BCUT2D eigenvalue weighted by Crippen LogP contribution is 2.43. The van der Waals surface area contributed by atoms with Gasteiger partial charge < -0.3 is 0 Å². The Hall–Kier alpha value is -5.72. The van der Waals surface area contributed by atoms with Crippen LogP contribution in [-0.4, -0.2) is 0 Å². The van der Waals surface area contributed by atoms with Crippen LogP contribution >= 0.6 is 0 Å². The molecule has 0 fully saturated rings. The van der Waals surface area contributed by atoms with Gasteiger partial charge in [-0.25, -0.2) is 0 Å². The Bertz CT molecular complexity index is 2640. The van der Waals surface area contributed by atoms with Crippen LogP contribution in [-0.2, 0) is 6.42 Å². The summed E-state index contributed by atoms with van der Waals surface area (Å²) in [6.07, 6.45) is 0.856. The van der Waals surface area contributed by atoms with Gasteiger partial charge in [0.25, 0.3) is 0 Å². The van der Waals surface area contributed by atoms with Crippen molar-refractivity contribution in [3.05, 3.63) is 169 Å². The van der Waals surface area contributed by atoms with E-state index in [4.69, 9.17) is 0 Å². The maximum atomic E-state index is 2.49. The fourth-order valence-corrected chi connectivity index (χ4v) is 8.18. The average Bonchev–Trinajstić information content (AvgIpc) is 3.19. The van der Waals surface area contributed by atoms with E-state index in [2.05, 4.69) is 158 Å². The molecule has 236 valence electrons. The molecule has 0 nitrogen and oxygen atoms in total. The van der Waals surface area contributed by atoms with Gasteiger partial charge in [-0.1, -0.05) is 173 Å². The zero-order valence-corrected chi connectivity index (χ0v) is 28.7. The molecule has 10 rings (SSSR count). The van der Waals surface area contributed by atoms with Crippen molar-refractivity contribution in [1.82, 2.24) is 0 Å². The quantitative estimate of drug-likeness (QED) is 0.167. The maximum Gasteiger partial charge on any atom is -0.00130 e. The van der Waals surface area contributed by atoms with Gasteiger partial charge in [0.2, 0.25) is 0 Å². The second-order valence-electron chi connectivity index (χ2n) is 12.4. The molecule has 0 bridgehead atoms. The zero-order chi connectivity index (χ0) is 33.5. The summed E-state index contributed by atoms with van der Waals surface area (Å²) in [7, 11) is 0. The lowest BCUT2D eigenvalue weighted by Gasteiger charge is -2.18. The fraction of sp³-hybridized carbons (Fsp3) is 0.102. The van der Waals surface area contributed by atoms with Crippen molar-refractivity contribution in [3.63, 3.8) is 0 Å². The molecule has 0 aromatic heterocycles. The van der Waals surface area contributed by atoms with Crippen molar-refractivity contribution < 1.29 is 0 Å². The number of hydrogen-bond donors (Lipinski definition) is 0. The highest BCUT2D eigenvalue weighted by atomic mass is 14.2. The molecule has 49 heavy (non-hydrogen) atoms. The van der Waals surface area contributed by atoms with Gasteiger partial charge in [0, 0.05) is 0 Å². The van der Waals surface area contributed by atoms with Crippen molar-refractivity contribution in [2.24, 2.45) is 0 Å². The van der Waals surface area contributed by atoms with Gasteiger partial charge in [-0.15, -0.1) is 0 Å². The molecule has 0 atom stereocenters. The minimum absolute atomic E-state index is 0.856. The highest BCUT2D eigenvalue weighted by molar-refractivity contribution is 6.33. The van der Waals surface area contributed by atoms with Crippen molar-refractivity contribution in [3.8, 4) is 0 Å². The largest absolute Gasteiger partial charge is 0.0683 e. The number of rotatable bonds is 2. The Morgan fingerprint density at radius 3 is 0.755 bits per heavy atom. The van der Waals surface area contributed by atoms with Crippen molar-refractivity contribution in [2.45, 2.75) is 34.1 Å². The highest BCUT2D eigenvalue weighted by Gasteiger charge is 2.17. The zero-order valence-electron chi connectivity index (χ0n) is 28.7. The smallest absolute Gasteiger partial charge is 0.00130 e. The van der Waals surface area contributed by atoms with E-state index >= 15 is 0 Å². The van der Waals surface area contributed by atoms with Gasteiger partial charge in [-0.3, -0.25) is 0 Å². The van der Waals surface area contributed by atoms with E-state index in [1.54, 1.807) is 0 Å². The van der Waals surface area contributed by atoms with Gasteiger partial charge in [-0.2, -0.15) is 0 Å². The first-order chi connectivity index (χ1) is 24.3. The Balaban J connectivity index is 0.000000843. The van der Waals surface area contributed by atoms with Crippen LogP contribution in [0.4, 0.5) is 0 Å². The van der Waals surface area contributed by atoms with Crippen molar-refractivity contribution in [2.75, 3.05) is 0 Å². The molecule has 0 aliphatic rings. The molecule has 0 aliphatic carbocycles. The topological polar surface area (TPSA) is 0 Å². The van der Waals surface area contributed by atoms with Gasteiger partial charge >= 0.3 is 0 Å². The standard InChI is InChI=1S/C45H28.2C2H6/c1-9-21-38-30(13-1)28(26-42-36-19-5-3-15-32(36)34-17-7-11-23-40(34)44(38)42)25-29-27-43-37-20-6-4-16-33(37)35-18-8-12-24-41(35)45(43)39-22-10-2-14-31(29)39;2*1-2/h1-24,26-27H,25H2;2*1-2H3. The second kappa shape index (κ2) is 12.7. The summed E-state index contributed by atoms with van der Waals surface area (Å²) in [4.78, 5) is 0. The van der Waals surface area contributed by atoms with E-state index in [0.717, 1.165) is 6.42 Å². The van der Waals surface area contributed by atoms with Crippen LogP contribution in [0.5, 0.6) is 0 Å². The maximum absolute atomic E-state index is 2.49. The van der Waals surface area contributed by atoms with Crippen molar-refractivity contribution in [1.29, 1.82) is 0 Å². The van der Waals surface area contributed by atoms with Crippen LogP contribution in [0.3, 0.4) is 0 Å². The summed E-state index contributed by atoms with van der Waals surface area (Å²) >= 11 is 0. The lowest BCUT2D eigenvalue weighted by atomic mass is 9.85. The van der Waals surface area contributed by atoms with Crippen LogP contribution in [0.15, 0.2) is 158 Å². The van der Waals surface area contributed by atoms with E-state index < -0.39 is 0 Å². The lowest BCUT2D eigenvalue weighted by Crippen LogP contribution is -1.95. The van der Waals surface area contributed by atoms with Gasteiger partial charge in [0.1, 0.15) is 0 Å². The molecule has 0 N–H and O–H groups in total. The third-order valence-electron chi connectivity index (χ3n) is 10.0. The average molecular weight is 629 g/mol. The van der Waals surface area contributed by atoms with E-state index in [1.807, 2.05) is 27.7 Å². The van der Waals surface area contributed by atoms with Crippen LogP contribution in [0.25, 0.3) is 86.2 Å². The summed E-state index contributed by atoms with van der Waals surface area (Å²) in [6.45, 7) is 8.00. The van der Waals surface area contributed by atoms with Crippen LogP contribution < -0.4 is 0 Å². The molecule has 0 unspecified atom stereocenters. The molecule has 0 heteroatoms. The molecule has 0 heterocycles. The molecule has 0 saturated heterocycles. The fourth-order valence-electron chi connectivity index (χ4n) is 8.18.